The number of para-hydroxylation sites is 1. The minimum absolute atomic E-state index is 0.156. The smallest absolute Gasteiger partial charge is 0.397 e. The number of unbranched alkanes of at least 4 members (excludes halogenated alkanes) is 1. The van der Waals surface area contributed by atoms with Crippen molar-refractivity contribution in [3.05, 3.63) is 23.8 Å². The summed E-state index contributed by atoms with van der Waals surface area (Å²) in [5, 5.41) is 0. The van der Waals surface area contributed by atoms with E-state index in [1.165, 1.54) is 17.8 Å². The van der Waals surface area contributed by atoms with Gasteiger partial charge in [0, 0.05) is 4.90 Å². The summed E-state index contributed by atoms with van der Waals surface area (Å²) in [5.41, 5.74) is 4.61. The van der Waals surface area contributed by atoms with E-state index >= 15 is 0 Å². The second-order valence-electron chi connectivity index (χ2n) is 3.42. The van der Waals surface area contributed by atoms with Crippen LogP contribution in [0.1, 0.15) is 25.3 Å². The summed E-state index contributed by atoms with van der Waals surface area (Å²) in [6.07, 6.45) is -2.38. The van der Waals surface area contributed by atoms with E-state index in [4.69, 9.17) is 5.73 Å². The first-order valence-corrected chi connectivity index (χ1v) is 6.04. The van der Waals surface area contributed by atoms with Gasteiger partial charge in [-0.05, 0) is 24.3 Å². The van der Waals surface area contributed by atoms with E-state index in [1.54, 1.807) is 6.07 Å². The molecule has 0 unspecified atom stereocenters. The summed E-state index contributed by atoms with van der Waals surface area (Å²) in [7, 11) is 0. The Labute approximate surface area is 97.2 Å². The maximum absolute atomic E-state index is 12.5. The van der Waals surface area contributed by atoms with Crippen molar-refractivity contribution >= 4 is 17.4 Å². The van der Waals surface area contributed by atoms with Crippen molar-refractivity contribution < 1.29 is 13.2 Å². The van der Waals surface area contributed by atoms with Crippen molar-refractivity contribution in [2.24, 2.45) is 0 Å². The van der Waals surface area contributed by atoms with Gasteiger partial charge in [0.2, 0.25) is 0 Å². The van der Waals surface area contributed by atoms with Crippen molar-refractivity contribution in [3.8, 4) is 0 Å². The maximum Gasteiger partial charge on any atom is 0.418 e. The van der Waals surface area contributed by atoms with Gasteiger partial charge in [0.15, 0.2) is 0 Å². The van der Waals surface area contributed by atoms with E-state index in [2.05, 4.69) is 0 Å². The molecule has 0 fully saturated rings. The molecule has 0 bridgehead atoms. The van der Waals surface area contributed by atoms with Crippen LogP contribution >= 0.6 is 11.8 Å². The molecule has 0 radical (unpaired) electrons. The Kier molecular flexibility index (Phi) is 4.53. The number of hydrogen-bond donors (Lipinski definition) is 1. The minimum Gasteiger partial charge on any atom is -0.397 e. The van der Waals surface area contributed by atoms with Gasteiger partial charge in [-0.3, -0.25) is 0 Å². The lowest BCUT2D eigenvalue weighted by atomic mass is 10.2. The van der Waals surface area contributed by atoms with Crippen molar-refractivity contribution in [1.82, 2.24) is 0 Å². The summed E-state index contributed by atoms with van der Waals surface area (Å²) < 4.78 is 37.6. The monoisotopic (exact) mass is 249 g/mol. The Morgan fingerprint density at radius 1 is 1.31 bits per heavy atom. The lowest BCUT2D eigenvalue weighted by Gasteiger charge is -2.12. The Hall–Kier alpha value is -0.840. The van der Waals surface area contributed by atoms with E-state index in [0.717, 1.165) is 24.7 Å². The zero-order valence-corrected chi connectivity index (χ0v) is 9.79. The minimum atomic E-state index is -4.37. The summed E-state index contributed by atoms with van der Waals surface area (Å²) in [6.45, 7) is 2.04. The van der Waals surface area contributed by atoms with Crippen LogP contribution in [0.2, 0.25) is 0 Å². The molecule has 0 aromatic heterocycles. The number of thioether (sulfide) groups is 1. The molecule has 0 spiro atoms. The van der Waals surface area contributed by atoms with Gasteiger partial charge in [0.25, 0.3) is 0 Å². The first-order valence-electron chi connectivity index (χ1n) is 5.05. The largest absolute Gasteiger partial charge is 0.418 e. The lowest BCUT2D eigenvalue weighted by molar-refractivity contribution is -0.137. The van der Waals surface area contributed by atoms with Crippen LogP contribution < -0.4 is 5.73 Å². The topological polar surface area (TPSA) is 26.0 Å². The van der Waals surface area contributed by atoms with E-state index in [1.807, 2.05) is 6.92 Å². The van der Waals surface area contributed by atoms with Crippen molar-refractivity contribution in [2.75, 3.05) is 11.5 Å². The van der Waals surface area contributed by atoms with Crippen LogP contribution in [0, 0.1) is 0 Å². The lowest BCUT2D eigenvalue weighted by Crippen LogP contribution is -2.09. The molecule has 1 nitrogen and oxygen atoms in total. The molecule has 0 saturated carbocycles. The zero-order valence-electron chi connectivity index (χ0n) is 8.97. The average Bonchev–Trinajstić information content (AvgIpc) is 2.19. The highest BCUT2D eigenvalue weighted by Crippen LogP contribution is 2.38. The number of alkyl halides is 3. The molecular weight excluding hydrogens is 235 g/mol. The van der Waals surface area contributed by atoms with Crippen LogP contribution in [0.5, 0.6) is 0 Å². The number of nitrogen functional groups attached to an aromatic ring is 1. The van der Waals surface area contributed by atoms with Gasteiger partial charge in [0.1, 0.15) is 0 Å². The number of halogens is 3. The van der Waals surface area contributed by atoms with Crippen LogP contribution in [0.25, 0.3) is 0 Å². The molecule has 2 N–H and O–H groups in total. The average molecular weight is 249 g/mol. The molecule has 0 saturated heterocycles. The number of nitrogens with two attached hydrogens (primary N) is 1. The van der Waals surface area contributed by atoms with Gasteiger partial charge >= 0.3 is 6.18 Å². The first kappa shape index (κ1) is 13.2. The second-order valence-corrected chi connectivity index (χ2v) is 4.55. The van der Waals surface area contributed by atoms with Crippen molar-refractivity contribution in [2.45, 2.75) is 30.8 Å². The van der Waals surface area contributed by atoms with Crippen molar-refractivity contribution in [1.29, 1.82) is 0 Å². The quantitative estimate of drug-likeness (QED) is 0.492. The summed E-state index contributed by atoms with van der Waals surface area (Å²) >= 11 is 1.38. The highest BCUT2D eigenvalue weighted by Gasteiger charge is 2.33. The molecule has 1 rings (SSSR count). The molecule has 0 heterocycles. The molecule has 0 amide bonds. The Morgan fingerprint density at radius 2 is 2.00 bits per heavy atom. The van der Waals surface area contributed by atoms with Crippen LogP contribution in [0.15, 0.2) is 23.1 Å². The molecule has 1 aromatic rings. The van der Waals surface area contributed by atoms with Crippen LogP contribution in [0.3, 0.4) is 0 Å². The number of benzene rings is 1. The van der Waals surface area contributed by atoms with Crippen molar-refractivity contribution in [3.63, 3.8) is 0 Å². The molecule has 0 atom stereocenters. The second kappa shape index (κ2) is 5.48. The number of hydrogen-bond acceptors (Lipinski definition) is 2. The zero-order chi connectivity index (χ0) is 12.2. The molecule has 16 heavy (non-hydrogen) atoms. The summed E-state index contributed by atoms with van der Waals surface area (Å²) in [5.74, 6) is 0.794. The molecular formula is C11H14F3NS. The fourth-order valence-corrected chi connectivity index (χ4v) is 2.34. The highest BCUT2D eigenvalue weighted by atomic mass is 32.2. The van der Waals surface area contributed by atoms with Gasteiger partial charge in [-0.1, -0.05) is 19.4 Å². The maximum atomic E-state index is 12.5. The molecule has 0 aliphatic heterocycles. The van der Waals surface area contributed by atoms with E-state index < -0.39 is 11.7 Å². The Morgan fingerprint density at radius 3 is 2.56 bits per heavy atom. The molecule has 0 aliphatic rings. The van der Waals surface area contributed by atoms with E-state index in [-0.39, 0.29) is 5.69 Å². The summed E-state index contributed by atoms with van der Waals surface area (Å²) in [4.78, 5) is 0.517. The fraction of sp³-hybridized carbons (Fsp3) is 0.455. The van der Waals surface area contributed by atoms with Gasteiger partial charge in [-0.15, -0.1) is 11.8 Å². The van der Waals surface area contributed by atoms with Gasteiger partial charge < -0.3 is 5.73 Å². The third-order valence-electron chi connectivity index (χ3n) is 2.13. The van der Waals surface area contributed by atoms with Gasteiger partial charge in [-0.25, -0.2) is 0 Å². The SMILES string of the molecule is CCCCSc1cccc(C(F)(F)F)c1N. The van der Waals surface area contributed by atoms with Crippen LogP contribution in [0.4, 0.5) is 18.9 Å². The van der Waals surface area contributed by atoms with Crippen LogP contribution in [-0.2, 0) is 6.18 Å². The standard InChI is InChI=1S/C11H14F3NS/c1-2-3-7-16-9-6-4-5-8(10(9)15)11(12,13)14/h4-6H,2-3,7,15H2,1H3. The van der Waals surface area contributed by atoms with Crippen LogP contribution in [-0.4, -0.2) is 5.75 Å². The van der Waals surface area contributed by atoms with E-state index in [9.17, 15) is 13.2 Å². The predicted molar refractivity (Wildman–Crippen MR) is 61.5 cm³/mol. The van der Waals surface area contributed by atoms with Gasteiger partial charge in [0.05, 0.1) is 11.3 Å². The highest BCUT2D eigenvalue weighted by molar-refractivity contribution is 7.99. The summed E-state index contributed by atoms with van der Waals surface area (Å²) in [6, 6.07) is 4.04. The van der Waals surface area contributed by atoms with Gasteiger partial charge in [-0.2, -0.15) is 13.2 Å². The first-order chi connectivity index (χ1) is 7.46. The normalized spacial score (nSPS) is 11.8. The number of anilines is 1. The molecule has 90 valence electrons. The Balaban J connectivity index is 2.87. The third-order valence-corrected chi connectivity index (χ3v) is 3.29. The predicted octanol–water partition coefficient (Wildman–Crippen LogP) is 4.18. The van der Waals surface area contributed by atoms with E-state index in [0.29, 0.717) is 4.90 Å². The number of rotatable bonds is 4. The molecule has 1 aromatic carbocycles. The Bertz CT molecular complexity index is 350. The fourth-order valence-electron chi connectivity index (χ4n) is 1.24. The third kappa shape index (κ3) is 3.33. The molecule has 5 heteroatoms. The molecule has 0 aliphatic carbocycles.